The number of hydrogen-bond acceptors (Lipinski definition) is 3. The van der Waals surface area contributed by atoms with Crippen molar-refractivity contribution in [3.05, 3.63) is 65.7 Å². The van der Waals surface area contributed by atoms with E-state index in [1.54, 1.807) is 0 Å². The Morgan fingerprint density at radius 1 is 0.750 bits per heavy atom. The SMILES string of the molecule is O=C(c1ccccc1)c1ccc(OCCCCCCCN2CCCCC2)cc1. The molecule has 0 aliphatic carbocycles. The Hall–Kier alpha value is -2.13. The van der Waals surface area contributed by atoms with Gasteiger partial charge in [-0.15, -0.1) is 0 Å². The molecule has 0 radical (unpaired) electrons. The maximum absolute atomic E-state index is 12.4. The number of rotatable bonds is 11. The highest BCUT2D eigenvalue weighted by Crippen LogP contribution is 2.16. The quantitative estimate of drug-likeness (QED) is 0.369. The molecule has 28 heavy (non-hydrogen) atoms. The summed E-state index contributed by atoms with van der Waals surface area (Å²) in [6, 6.07) is 16.9. The summed E-state index contributed by atoms with van der Waals surface area (Å²) in [7, 11) is 0. The van der Waals surface area contributed by atoms with Crippen molar-refractivity contribution in [1.29, 1.82) is 0 Å². The molecule has 0 N–H and O–H groups in total. The molecule has 1 heterocycles. The minimum Gasteiger partial charge on any atom is -0.494 e. The van der Waals surface area contributed by atoms with E-state index in [0.717, 1.165) is 24.3 Å². The Bertz CT molecular complexity index is 690. The standard InChI is InChI=1S/C25H33NO2/c27-25(22-12-6-4-7-13-22)23-14-16-24(17-15-23)28-21-11-3-1-2-8-18-26-19-9-5-10-20-26/h4,6-7,12-17H,1-3,5,8-11,18-21H2. The first-order valence-electron chi connectivity index (χ1n) is 10.9. The molecule has 0 atom stereocenters. The fourth-order valence-electron chi connectivity index (χ4n) is 3.80. The molecule has 3 rings (SSSR count). The van der Waals surface area contributed by atoms with Gasteiger partial charge in [0.2, 0.25) is 0 Å². The minimum absolute atomic E-state index is 0.0525. The van der Waals surface area contributed by atoms with E-state index < -0.39 is 0 Å². The molecule has 1 fully saturated rings. The van der Waals surface area contributed by atoms with E-state index >= 15 is 0 Å². The first-order valence-corrected chi connectivity index (χ1v) is 10.9. The zero-order valence-electron chi connectivity index (χ0n) is 16.9. The number of ether oxygens (including phenoxy) is 1. The predicted molar refractivity (Wildman–Crippen MR) is 115 cm³/mol. The molecule has 150 valence electrons. The maximum atomic E-state index is 12.4. The van der Waals surface area contributed by atoms with E-state index in [1.165, 1.54) is 64.6 Å². The van der Waals surface area contributed by atoms with Gasteiger partial charge in [-0.25, -0.2) is 0 Å². The monoisotopic (exact) mass is 379 g/mol. The molecular weight excluding hydrogens is 346 g/mol. The van der Waals surface area contributed by atoms with Gasteiger partial charge in [0.05, 0.1) is 6.61 Å². The van der Waals surface area contributed by atoms with Gasteiger partial charge in [0.15, 0.2) is 5.78 Å². The molecule has 3 heteroatoms. The summed E-state index contributed by atoms with van der Waals surface area (Å²) in [5, 5.41) is 0. The van der Waals surface area contributed by atoms with Gasteiger partial charge < -0.3 is 9.64 Å². The molecule has 0 aromatic heterocycles. The number of unbranched alkanes of at least 4 members (excludes halogenated alkanes) is 4. The maximum Gasteiger partial charge on any atom is 0.193 e. The summed E-state index contributed by atoms with van der Waals surface area (Å²) in [4.78, 5) is 15.0. The second kappa shape index (κ2) is 11.7. The molecule has 0 amide bonds. The lowest BCUT2D eigenvalue weighted by Gasteiger charge is -2.26. The van der Waals surface area contributed by atoms with Crippen LogP contribution in [0.4, 0.5) is 0 Å². The van der Waals surface area contributed by atoms with Crippen LogP contribution in [0.15, 0.2) is 54.6 Å². The molecule has 0 saturated carbocycles. The van der Waals surface area contributed by atoms with Crippen molar-refractivity contribution in [3.8, 4) is 5.75 Å². The number of nitrogens with zero attached hydrogens (tertiary/aromatic N) is 1. The summed E-state index contributed by atoms with van der Waals surface area (Å²) >= 11 is 0. The average Bonchev–Trinajstić information content (AvgIpc) is 2.77. The zero-order valence-corrected chi connectivity index (χ0v) is 16.9. The van der Waals surface area contributed by atoms with Crippen molar-refractivity contribution in [1.82, 2.24) is 4.90 Å². The largest absolute Gasteiger partial charge is 0.494 e. The predicted octanol–water partition coefficient (Wildman–Crippen LogP) is 5.73. The molecule has 1 aliphatic heterocycles. The zero-order chi connectivity index (χ0) is 19.4. The van der Waals surface area contributed by atoms with Crippen LogP contribution in [0.2, 0.25) is 0 Å². The highest BCUT2D eigenvalue weighted by Gasteiger charge is 2.09. The number of piperidine rings is 1. The second-order valence-electron chi connectivity index (χ2n) is 7.74. The fourth-order valence-corrected chi connectivity index (χ4v) is 3.80. The van der Waals surface area contributed by atoms with E-state index in [9.17, 15) is 4.79 Å². The van der Waals surface area contributed by atoms with E-state index in [1.807, 2.05) is 54.6 Å². The molecule has 0 bridgehead atoms. The normalized spacial score (nSPS) is 14.7. The van der Waals surface area contributed by atoms with Crippen LogP contribution >= 0.6 is 0 Å². The van der Waals surface area contributed by atoms with Crippen molar-refractivity contribution in [3.63, 3.8) is 0 Å². The van der Waals surface area contributed by atoms with E-state index in [2.05, 4.69) is 4.90 Å². The third-order valence-corrected chi connectivity index (χ3v) is 5.49. The summed E-state index contributed by atoms with van der Waals surface area (Å²) in [6.07, 6.45) is 10.5. The van der Waals surface area contributed by atoms with Crippen molar-refractivity contribution in [2.24, 2.45) is 0 Å². The second-order valence-corrected chi connectivity index (χ2v) is 7.74. The molecule has 0 unspecified atom stereocenters. The Morgan fingerprint density at radius 2 is 1.39 bits per heavy atom. The Labute approximate surface area is 169 Å². The Morgan fingerprint density at radius 3 is 2.14 bits per heavy atom. The third-order valence-electron chi connectivity index (χ3n) is 5.49. The smallest absolute Gasteiger partial charge is 0.193 e. The molecule has 3 nitrogen and oxygen atoms in total. The van der Waals surface area contributed by atoms with E-state index in [-0.39, 0.29) is 5.78 Å². The van der Waals surface area contributed by atoms with Gasteiger partial charge in [-0.05, 0) is 69.6 Å². The van der Waals surface area contributed by atoms with Gasteiger partial charge in [-0.2, -0.15) is 0 Å². The summed E-state index contributed by atoms with van der Waals surface area (Å²) in [5.74, 6) is 0.895. The first kappa shape index (κ1) is 20.6. The molecule has 2 aromatic carbocycles. The first-order chi connectivity index (χ1) is 13.8. The fraction of sp³-hybridized carbons (Fsp3) is 0.480. The number of likely N-dealkylation sites (tertiary alicyclic amines) is 1. The van der Waals surface area contributed by atoms with Crippen LogP contribution < -0.4 is 4.74 Å². The van der Waals surface area contributed by atoms with Gasteiger partial charge in [-0.1, -0.05) is 56.0 Å². The lowest BCUT2D eigenvalue weighted by atomic mass is 10.0. The number of hydrogen-bond donors (Lipinski definition) is 0. The lowest BCUT2D eigenvalue weighted by molar-refractivity contribution is 0.103. The highest BCUT2D eigenvalue weighted by atomic mass is 16.5. The number of benzene rings is 2. The van der Waals surface area contributed by atoms with Gasteiger partial charge >= 0.3 is 0 Å². The van der Waals surface area contributed by atoms with Crippen LogP contribution in [0.25, 0.3) is 0 Å². The molecule has 1 aliphatic rings. The van der Waals surface area contributed by atoms with Crippen molar-refractivity contribution in [2.45, 2.75) is 51.4 Å². The van der Waals surface area contributed by atoms with E-state index in [4.69, 9.17) is 4.74 Å². The van der Waals surface area contributed by atoms with Gasteiger partial charge in [-0.3, -0.25) is 4.79 Å². The number of carbonyl (C=O) groups excluding carboxylic acids is 1. The summed E-state index contributed by atoms with van der Waals surface area (Å²) in [5.41, 5.74) is 1.42. The number of carbonyl (C=O) groups is 1. The van der Waals surface area contributed by atoms with Gasteiger partial charge in [0.1, 0.15) is 5.75 Å². The highest BCUT2D eigenvalue weighted by molar-refractivity contribution is 6.08. The minimum atomic E-state index is 0.0525. The van der Waals surface area contributed by atoms with Crippen LogP contribution in [0, 0.1) is 0 Å². The van der Waals surface area contributed by atoms with Crippen LogP contribution in [-0.2, 0) is 0 Å². The van der Waals surface area contributed by atoms with E-state index in [0.29, 0.717) is 5.56 Å². The molecule has 2 aromatic rings. The Kier molecular flexibility index (Phi) is 8.57. The van der Waals surface area contributed by atoms with Crippen molar-refractivity contribution >= 4 is 5.78 Å². The van der Waals surface area contributed by atoms with Crippen LogP contribution in [-0.4, -0.2) is 36.9 Å². The van der Waals surface area contributed by atoms with Crippen molar-refractivity contribution in [2.75, 3.05) is 26.2 Å². The average molecular weight is 380 g/mol. The van der Waals surface area contributed by atoms with Crippen LogP contribution in [0.5, 0.6) is 5.75 Å². The van der Waals surface area contributed by atoms with Gasteiger partial charge in [0, 0.05) is 11.1 Å². The topological polar surface area (TPSA) is 29.5 Å². The lowest BCUT2D eigenvalue weighted by Crippen LogP contribution is -2.30. The van der Waals surface area contributed by atoms with Crippen molar-refractivity contribution < 1.29 is 9.53 Å². The Balaban J connectivity index is 1.26. The third kappa shape index (κ3) is 6.79. The molecule has 0 spiro atoms. The van der Waals surface area contributed by atoms with Gasteiger partial charge in [0.25, 0.3) is 0 Å². The summed E-state index contributed by atoms with van der Waals surface area (Å²) in [6.45, 7) is 4.65. The number of ketones is 1. The summed E-state index contributed by atoms with van der Waals surface area (Å²) < 4.78 is 5.83. The van der Waals surface area contributed by atoms with Crippen LogP contribution in [0.3, 0.4) is 0 Å². The molecule has 1 saturated heterocycles. The molecular formula is C25H33NO2. The van der Waals surface area contributed by atoms with Crippen LogP contribution in [0.1, 0.15) is 67.3 Å².